The predicted octanol–water partition coefficient (Wildman–Crippen LogP) is -0.264. The van der Waals surface area contributed by atoms with Crippen LogP contribution < -0.4 is 0 Å². The van der Waals surface area contributed by atoms with E-state index in [9.17, 15) is 4.79 Å². The van der Waals surface area contributed by atoms with Gasteiger partial charge >= 0.3 is 5.97 Å². The van der Waals surface area contributed by atoms with Crippen LogP contribution in [0.25, 0.3) is 0 Å². The molecule has 0 fully saturated rings. The molecule has 6 heteroatoms. The van der Waals surface area contributed by atoms with Gasteiger partial charge in [-0.05, 0) is 6.92 Å². The lowest BCUT2D eigenvalue weighted by Gasteiger charge is -2.13. The number of rotatable bonds is 7. The van der Waals surface area contributed by atoms with E-state index in [1.54, 1.807) is 6.92 Å². The van der Waals surface area contributed by atoms with Crippen molar-refractivity contribution < 1.29 is 29.2 Å². The van der Waals surface area contributed by atoms with Crippen LogP contribution in [-0.4, -0.2) is 62.4 Å². The third-order valence-electron chi connectivity index (χ3n) is 1.56. The highest BCUT2D eigenvalue weighted by atomic mass is 16.5. The van der Waals surface area contributed by atoms with E-state index in [1.807, 2.05) is 0 Å². The Hall–Kier alpha value is -0.950. The molecule has 6 nitrogen and oxygen atoms in total. The fourth-order valence-corrected chi connectivity index (χ4v) is 0.652. The first-order chi connectivity index (χ1) is 8.01. The number of aliphatic hydroxyl groups excluding tert-OH is 2. The summed E-state index contributed by atoms with van der Waals surface area (Å²) in [6.07, 6.45) is 0.288. The third-order valence-corrected chi connectivity index (χ3v) is 1.56. The standard InChI is InChI=1S/C7H16O4.C4H6O2/c1-6(3-8)11-5-7(9)4-10-2;1-3-4(5)6-2/h6-9H,3-5H2,1-2H3;3H,1H2,2H3. The van der Waals surface area contributed by atoms with Crippen LogP contribution in [0.2, 0.25) is 0 Å². The largest absolute Gasteiger partial charge is 0.466 e. The van der Waals surface area contributed by atoms with Crippen LogP contribution in [0.5, 0.6) is 0 Å². The first-order valence-electron chi connectivity index (χ1n) is 5.11. The van der Waals surface area contributed by atoms with Crippen LogP contribution >= 0.6 is 0 Å². The number of hydrogen-bond acceptors (Lipinski definition) is 6. The van der Waals surface area contributed by atoms with Gasteiger partial charge in [-0.3, -0.25) is 0 Å². The fourth-order valence-electron chi connectivity index (χ4n) is 0.652. The maximum Gasteiger partial charge on any atom is 0.329 e. The molecule has 0 bridgehead atoms. The fraction of sp³-hybridized carbons (Fsp3) is 0.727. The summed E-state index contributed by atoms with van der Waals surface area (Å²) in [5.41, 5.74) is 0. The van der Waals surface area contributed by atoms with E-state index in [4.69, 9.17) is 14.9 Å². The second-order valence-electron chi connectivity index (χ2n) is 3.16. The summed E-state index contributed by atoms with van der Waals surface area (Å²) in [6, 6.07) is 0. The Morgan fingerprint density at radius 2 is 2.00 bits per heavy atom. The topological polar surface area (TPSA) is 85.2 Å². The van der Waals surface area contributed by atoms with Crippen molar-refractivity contribution in [3.63, 3.8) is 0 Å². The summed E-state index contributed by atoms with van der Waals surface area (Å²) in [5, 5.41) is 17.6. The van der Waals surface area contributed by atoms with Gasteiger partial charge in [-0.15, -0.1) is 0 Å². The van der Waals surface area contributed by atoms with Crippen molar-refractivity contribution in [3.8, 4) is 0 Å². The average Bonchev–Trinajstić information content (AvgIpc) is 2.35. The first-order valence-corrected chi connectivity index (χ1v) is 5.11. The van der Waals surface area contributed by atoms with Crippen molar-refractivity contribution in [2.75, 3.05) is 34.0 Å². The van der Waals surface area contributed by atoms with Gasteiger partial charge in [-0.2, -0.15) is 0 Å². The van der Waals surface area contributed by atoms with Gasteiger partial charge in [0.25, 0.3) is 0 Å². The maximum absolute atomic E-state index is 9.84. The number of carbonyl (C=O) groups excluding carboxylic acids is 1. The molecule has 17 heavy (non-hydrogen) atoms. The van der Waals surface area contributed by atoms with Crippen LogP contribution in [0.4, 0.5) is 0 Å². The summed E-state index contributed by atoms with van der Waals surface area (Å²) < 4.78 is 13.8. The normalized spacial score (nSPS) is 13.0. The molecule has 0 aromatic rings. The molecular formula is C11H22O6. The minimum absolute atomic E-state index is 0.0281. The smallest absolute Gasteiger partial charge is 0.329 e. The average molecular weight is 250 g/mol. The van der Waals surface area contributed by atoms with E-state index in [0.29, 0.717) is 0 Å². The van der Waals surface area contributed by atoms with E-state index in [-0.39, 0.29) is 25.9 Å². The third kappa shape index (κ3) is 15.1. The van der Waals surface area contributed by atoms with Crippen LogP contribution in [0.3, 0.4) is 0 Å². The molecule has 2 N–H and O–H groups in total. The Kier molecular flexibility index (Phi) is 14.2. The molecule has 0 heterocycles. The van der Waals surface area contributed by atoms with E-state index in [2.05, 4.69) is 16.1 Å². The molecular weight excluding hydrogens is 228 g/mol. The lowest BCUT2D eigenvalue weighted by atomic mass is 10.4. The lowest BCUT2D eigenvalue weighted by Crippen LogP contribution is -2.25. The predicted molar refractivity (Wildman–Crippen MR) is 62.6 cm³/mol. The Balaban J connectivity index is 0. The molecule has 102 valence electrons. The molecule has 0 rings (SSSR count). The second-order valence-corrected chi connectivity index (χ2v) is 3.16. The van der Waals surface area contributed by atoms with Crippen LogP contribution in [0.1, 0.15) is 6.92 Å². The van der Waals surface area contributed by atoms with Crippen molar-refractivity contribution in [2.45, 2.75) is 19.1 Å². The number of carbonyl (C=O) groups is 1. The SMILES string of the molecule is C=CC(=O)OC.COCC(O)COC(C)CO. The van der Waals surface area contributed by atoms with Gasteiger partial charge in [0.15, 0.2) is 0 Å². The van der Waals surface area contributed by atoms with Crippen molar-refractivity contribution in [3.05, 3.63) is 12.7 Å². The zero-order valence-corrected chi connectivity index (χ0v) is 10.6. The highest BCUT2D eigenvalue weighted by molar-refractivity contribution is 5.80. The second kappa shape index (κ2) is 13.1. The Morgan fingerprint density at radius 1 is 1.41 bits per heavy atom. The Morgan fingerprint density at radius 3 is 2.29 bits per heavy atom. The van der Waals surface area contributed by atoms with Crippen LogP contribution in [0.15, 0.2) is 12.7 Å². The summed E-state index contributed by atoms with van der Waals surface area (Å²) in [7, 11) is 2.82. The lowest BCUT2D eigenvalue weighted by molar-refractivity contribution is -0.134. The monoisotopic (exact) mass is 250 g/mol. The number of esters is 1. The molecule has 0 saturated carbocycles. The van der Waals surface area contributed by atoms with Gasteiger partial charge in [0, 0.05) is 13.2 Å². The van der Waals surface area contributed by atoms with Gasteiger partial charge in [0.2, 0.25) is 0 Å². The van der Waals surface area contributed by atoms with Crippen molar-refractivity contribution in [1.82, 2.24) is 0 Å². The molecule has 0 saturated heterocycles. The minimum atomic E-state index is -0.603. The molecule has 0 aromatic carbocycles. The molecule has 0 aliphatic rings. The van der Waals surface area contributed by atoms with Crippen LogP contribution in [-0.2, 0) is 19.0 Å². The molecule has 2 atom stereocenters. The van der Waals surface area contributed by atoms with E-state index < -0.39 is 12.1 Å². The molecule has 2 unspecified atom stereocenters. The first kappa shape index (κ1) is 18.4. The molecule has 0 amide bonds. The van der Waals surface area contributed by atoms with Crippen molar-refractivity contribution >= 4 is 5.97 Å². The number of methoxy groups -OCH3 is 2. The summed E-state index contributed by atoms with van der Waals surface area (Å²) in [5.74, 6) is -0.394. The Labute approximate surface area is 102 Å². The van der Waals surface area contributed by atoms with Gasteiger partial charge in [-0.1, -0.05) is 6.58 Å². The van der Waals surface area contributed by atoms with E-state index in [0.717, 1.165) is 6.08 Å². The zero-order valence-electron chi connectivity index (χ0n) is 10.6. The molecule has 0 spiro atoms. The summed E-state index contributed by atoms with van der Waals surface area (Å²) in [6.45, 7) is 5.33. The minimum Gasteiger partial charge on any atom is -0.466 e. The summed E-state index contributed by atoms with van der Waals surface area (Å²) in [4.78, 5) is 9.84. The van der Waals surface area contributed by atoms with Gasteiger partial charge in [-0.25, -0.2) is 4.79 Å². The van der Waals surface area contributed by atoms with Crippen molar-refractivity contribution in [1.29, 1.82) is 0 Å². The highest BCUT2D eigenvalue weighted by Crippen LogP contribution is 1.92. The quantitative estimate of drug-likeness (QED) is 0.478. The zero-order chi connectivity index (χ0) is 13.7. The highest BCUT2D eigenvalue weighted by Gasteiger charge is 2.05. The maximum atomic E-state index is 9.84. The van der Waals surface area contributed by atoms with Gasteiger partial charge in [0.1, 0.15) is 6.10 Å². The summed E-state index contributed by atoms with van der Waals surface area (Å²) >= 11 is 0. The van der Waals surface area contributed by atoms with E-state index >= 15 is 0 Å². The number of hydrogen-bond donors (Lipinski definition) is 2. The molecule has 0 aliphatic heterocycles. The molecule has 0 aromatic heterocycles. The number of aliphatic hydroxyl groups is 2. The van der Waals surface area contributed by atoms with Crippen LogP contribution in [0, 0.1) is 0 Å². The van der Waals surface area contributed by atoms with Crippen molar-refractivity contribution in [2.24, 2.45) is 0 Å². The Bertz CT molecular complexity index is 194. The number of ether oxygens (including phenoxy) is 3. The molecule has 0 aliphatic carbocycles. The van der Waals surface area contributed by atoms with Gasteiger partial charge in [0.05, 0.1) is 33.0 Å². The van der Waals surface area contributed by atoms with Gasteiger partial charge < -0.3 is 24.4 Å². The van der Waals surface area contributed by atoms with E-state index in [1.165, 1.54) is 14.2 Å². The molecule has 0 radical (unpaired) electrons.